The van der Waals surface area contributed by atoms with Gasteiger partial charge in [-0.05, 0) is 19.1 Å². The Labute approximate surface area is 96.0 Å². The Morgan fingerprint density at radius 3 is 2.69 bits per heavy atom. The summed E-state index contributed by atoms with van der Waals surface area (Å²) in [6.07, 6.45) is 0. The molecule has 1 unspecified atom stereocenters. The smallest absolute Gasteiger partial charge is 0.256 e. The number of anilines is 1. The molecule has 1 atom stereocenters. The first-order chi connectivity index (χ1) is 7.57. The van der Waals surface area contributed by atoms with E-state index in [1.165, 1.54) is 0 Å². The molecule has 0 radical (unpaired) electrons. The topological polar surface area (TPSA) is 55.6 Å². The molecule has 88 valence electrons. The van der Waals surface area contributed by atoms with Gasteiger partial charge in [-0.2, -0.15) is 0 Å². The molecule has 4 nitrogen and oxygen atoms in total. The molecule has 0 fully saturated rings. The molecule has 1 aromatic rings. The Kier molecular flexibility index (Phi) is 4.31. The molecule has 0 heterocycles. The SMILES string of the molecule is COCC(C)N(C)C(=O)c1ccccc1N. The highest BCUT2D eigenvalue weighted by molar-refractivity contribution is 5.99. The maximum atomic E-state index is 12.1. The van der Waals surface area contributed by atoms with Gasteiger partial charge >= 0.3 is 0 Å². The number of benzene rings is 1. The van der Waals surface area contributed by atoms with Crippen molar-refractivity contribution in [3.63, 3.8) is 0 Å². The molecule has 1 aromatic carbocycles. The van der Waals surface area contributed by atoms with Crippen molar-refractivity contribution in [2.24, 2.45) is 0 Å². The minimum absolute atomic E-state index is 0.0251. The third-order valence-corrected chi connectivity index (χ3v) is 2.58. The number of hydrogen-bond donors (Lipinski definition) is 1. The minimum Gasteiger partial charge on any atom is -0.398 e. The van der Waals surface area contributed by atoms with Crippen LogP contribution in [0.3, 0.4) is 0 Å². The van der Waals surface area contributed by atoms with E-state index in [9.17, 15) is 4.79 Å². The highest BCUT2D eigenvalue weighted by Crippen LogP contribution is 2.14. The van der Waals surface area contributed by atoms with Crippen LogP contribution in [0.25, 0.3) is 0 Å². The lowest BCUT2D eigenvalue weighted by Gasteiger charge is -2.24. The van der Waals surface area contributed by atoms with Gasteiger partial charge in [0.15, 0.2) is 0 Å². The third kappa shape index (κ3) is 2.73. The van der Waals surface area contributed by atoms with Crippen molar-refractivity contribution < 1.29 is 9.53 Å². The summed E-state index contributed by atoms with van der Waals surface area (Å²) < 4.78 is 5.02. The van der Waals surface area contributed by atoms with Crippen LogP contribution in [0.2, 0.25) is 0 Å². The standard InChI is InChI=1S/C12H18N2O2/c1-9(8-16-3)14(2)12(15)10-6-4-5-7-11(10)13/h4-7,9H,8,13H2,1-3H3. The number of likely N-dealkylation sites (N-methyl/N-ethyl adjacent to an activating group) is 1. The van der Waals surface area contributed by atoms with Gasteiger partial charge in [-0.25, -0.2) is 0 Å². The van der Waals surface area contributed by atoms with Crippen LogP contribution in [-0.4, -0.2) is 37.6 Å². The molecular formula is C12H18N2O2. The van der Waals surface area contributed by atoms with Gasteiger partial charge in [0.25, 0.3) is 5.91 Å². The summed E-state index contributed by atoms with van der Waals surface area (Å²) in [7, 11) is 3.37. The first kappa shape index (κ1) is 12.5. The van der Waals surface area contributed by atoms with Crippen LogP contribution < -0.4 is 5.73 Å². The maximum Gasteiger partial charge on any atom is 0.256 e. The van der Waals surface area contributed by atoms with Gasteiger partial charge in [0.05, 0.1) is 18.2 Å². The Morgan fingerprint density at radius 1 is 1.50 bits per heavy atom. The first-order valence-electron chi connectivity index (χ1n) is 5.18. The zero-order valence-corrected chi connectivity index (χ0v) is 9.93. The number of carbonyl (C=O) groups is 1. The van der Waals surface area contributed by atoms with E-state index in [-0.39, 0.29) is 11.9 Å². The van der Waals surface area contributed by atoms with Crippen molar-refractivity contribution in [1.29, 1.82) is 0 Å². The van der Waals surface area contributed by atoms with Crippen LogP contribution >= 0.6 is 0 Å². The summed E-state index contributed by atoms with van der Waals surface area (Å²) in [4.78, 5) is 13.7. The molecule has 0 aliphatic rings. The molecule has 0 aliphatic heterocycles. The van der Waals surface area contributed by atoms with E-state index in [0.29, 0.717) is 17.9 Å². The number of rotatable bonds is 4. The monoisotopic (exact) mass is 222 g/mol. The average Bonchev–Trinajstić information content (AvgIpc) is 2.28. The van der Waals surface area contributed by atoms with Crippen LogP contribution in [0.1, 0.15) is 17.3 Å². The lowest BCUT2D eigenvalue weighted by molar-refractivity contribution is 0.0634. The van der Waals surface area contributed by atoms with Gasteiger partial charge in [0.1, 0.15) is 0 Å². The fraction of sp³-hybridized carbons (Fsp3) is 0.417. The Balaban J connectivity index is 2.82. The van der Waals surface area contributed by atoms with Crippen molar-refractivity contribution in [1.82, 2.24) is 4.90 Å². The molecule has 0 aromatic heterocycles. The van der Waals surface area contributed by atoms with E-state index >= 15 is 0 Å². The van der Waals surface area contributed by atoms with E-state index in [1.807, 2.05) is 13.0 Å². The van der Waals surface area contributed by atoms with E-state index in [2.05, 4.69) is 0 Å². The number of nitrogens with two attached hydrogens (primary N) is 1. The molecule has 0 bridgehead atoms. The lowest BCUT2D eigenvalue weighted by atomic mass is 10.1. The number of hydrogen-bond acceptors (Lipinski definition) is 3. The van der Waals surface area contributed by atoms with Gasteiger partial charge in [-0.3, -0.25) is 4.79 Å². The molecule has 1 amide bonds. The Bertz CT molecular complexity index is 366. The van der Waals surface area contributed by atoms with Crippen molar-refractivity contribution in [3.8, 4) is 0 Å². The predicted octanol–water partition coefficient (Wildman–Crippen LogP) is 1.38. The third-order valence-electron chi connectivity index (χ3n) is 2.58. The van der Waals surface area contributed by atoms with Crippen LogP contribution in [0.15, 0.2) is 24.3 Å². The zero-order chi connectivity index (χ0) is 12.1. The summed E-state index contributed by atoms with van der Waals surface area (Å²) in [6.45, 7) is 2.44. The van der Waals surface area contributed by atoms with Crippen molar-refractivity contribution in [3.05, 3.63) is 29.8 Å². The highest BCUT2D eigenvalue weighted by Gasteiger charge is 2.18. The summed E-state index contributed by atoms with van der Waals surface area (Å²) in [5.41, 5.74) is 6.79. The first-order valence-corrected chi connectivity index (χ1v) is 5.18. The largest absolute Gasteiger partial charge is 0.398 e. The number of ether oxygens (including phenoxy) is 1. The average molecular weight is 222 g/mol. The number of carbonyl (C=O) groups excluding carboxylic acids is 1. The number of nitrogens with zero attached hydrogens (tertiary/aromatic N) is 1. The normalized spacial score (nSPS) is 12.2. The van der Waals surface area contributed by atoms with Gasteiger partial charge in [0.2, 0.25) is 0 Å². The highest BCUT2D eigenvalue weighted by atomic mass is 16.5. The predicted molar refractivity (Wildman–Crippen MR) is 64.3 cm³/mol. The van der Waals surface area contributed by atoms with Gasteiger partial charge < -0.3 is 15.4 Å². The fourth-order valence-electron chi connectivity index (χ4n) is 1.43. The molecule has 0 spiro atoms. The lowest BCUT2D eigenvalue weighted by Crippen LogP contribution is -2.38. The molecule has 0 aliphatic carbocycles. The number of nitrogen functional groups attached to an aromatic ring is 1. The van der Waals surface area contributed by atoms with Gasteiger partial charge in [-0.1, -0.05) is 12.1 Å². The zero-order valence-electron chi connectivity index (χ0n) is 9.93. The second-order valence-corrected chi connectivity index (χ2v) is 3.81. The summed E-state index contributed by atoms with van der Waals surface area (Å²) >= 11 is 0. The quantitative estimate of drug-likeness (QED) is 0.783. The van der Waals surface area contributed by atoms with Crippen LogP contribution in [0.4, 0.5) is 5.69 Å². The summed E-state index contributed by atoms with van der Waals surface area (Å²) in [5.74, 6) is -0.0809. The fourth-order valence-corrected chi connectivity index (χ4v) is 1.43. The number of methoxy groups -OCH3 is 1. The minimum atomic E-state index is -0.0809. The number of para-hydroxylation sites is 1. The second kappa shape index (κ2) is 5.51. The van der Waals surface area contributed by atoms with Crippen LogP contribution in [0.5, 0.6) is 0 Å². The molecule has 16 heavy (non-hydrogen) atoms. The van der Waals surface area contributed by atoms with E-state index in [1.54, 1.807) is 37.3 Å². The van der Waals surface area contributed by atoms with E-state index in [4.69, 9.17) is 10.5 Å². The van der Waals surface area contributed by atoms with Crippen LogP contribution in [0, 0.1) is 0 Å². The Morgan fingerprint density at radius 2 is 2.12 bits per heavy atom. The van der Waals surface area contributed by atoms with Crippen molar-refractivity contribution in [2.45, 2.75) is 13.0 Å². The maximum absolute atomic E-state index is 12.1. The molecule has 4 heteroatoms. The van der Waals surface area contributed by atoms with Gasteiger partial charge in [-0.15, -0.1) is 0 Å². The van der Waals surface area contributed by atoms with Crippen LogP contribution in [-0.2, 0) is 4.74 Å². The summed E-state index contributed by atoms with van der Waals surface area (Å²) in [6, 6.07) is 7.09. The number of amides is 1. The van der Waals surface area contributed by atoms with Gasteiger partial charge in [0, 0.05) is 19.8 Å². The Hall–Kier alpha value is -1.55. The van der Waals surface area contributed by atoms with E-state index in [0.717, 1.165) is 0 Å². The van der Waals surface area contributed by atoms with Crippen molar-refractivity contribution >= 4 is 11.6 Å². The molecule has 0 saturated heterocycles. The second-order valence-electron chi connectivity index (χ2n) is 3.81. The summed E-state index contributed by atoms with van der Waals surface area (Å²) in [5, 5.41) is 0. The molecule has 0 saturated carbocycles. The molecular weight excluding hydrogens is 204 g/mol. The van der Waals surface area contributed by atoms with E-state index < -0.39 is 0 Å². The molecule has 1 rings (SSSR count). The van der Waals surface area contributed by atoms with Crippen molar-refractivity contribution in [2.75, 3.05) is 26.5 Å². The molecule has 2 N–H and O–H groups in total.